The van der Waals surface area contributed by atoms with E-state index in [9.17, 15) is 0 Å². The van der Waals surface area contributed by atoms with Crippen LogP contribution in [-0.2, 0) is 12.8 Å². The number of thiophene rings is 1. The highest BCUT2D eigenvalue weighted by molar-refractivity contribution is 7.11. The van der Waals surface area contributed by atoms with Gasteiger partial charge >= 0.3 is 0 Å². The monoisotopic (exact) mass is 287 g/mol. The lowest BCUT2D eigenvalue weighted by molar-refractivity contribution is 0.222. The molecule has 0 amide bonds. The van der Waals surface area contributed by atoms with Gasteiger partial charge in [0, 0.05) is 28.8 Å². The largest absolute Gasteiger partial charge is 0.488 e. The molecule has 3 rings (SSSR count). The number of hydrogen-bond donors (Lipinski definition) is 1. The van der Waals surface area contributed by atoms with Crippen LogP contribution in [0.5, 0.6) is 5.75 Å². The molecule has 106 valence electrons. The highest BCUT2D eigenvalue weighted by atomic mass is 32.1. The topological polar surface area (TPSA) is 21.3 Å². The molecule has 2 aromatic rings. The summed E-state index contributed by atoms with van der Waals surface area (Å²) in [6.45, 7) is 5.33. The van der Waals surface area contributed by atoms with Gasteiger partial charge in [-0.15, -0.1) is 11.3 Å². The van der Waals surface area contributed by atoms with Gasteiger partial charge < -0.3 is 10.1 Å². The minimum absolute atomic E-state index is 0.278. The third kappa shape index (κ3) is 3.22. The lowest BCUT2D eigenvalue weighted by Gasteiger charge is -2.16. The molecule has 0 spiro atoms. The first kappa shape index (κ1) is 13.7. The van der Waals surface area contributed by atoms with E-state index in [2.05, 4.69) is 49.5 Å². The highest BCUT2D eigenvalue weighted by Gasteiger charge is 2.22. The normalized spacial score (nSPS) is 18.6. The molecule has 0 radical (unpaired) electrons. The van der Waals surface area contributed by atoms with Gasteiger partial charge in [-0.2, -0.15) is 0 Å². The zero-order chi connectivity index (χ0) is 13.9. The van der Waals surface area contributed by atoms with Crippen LogP contribution in [0.15, 0.2) is 36.4 Å². The average molecular weight is 287 g/mol. The minimum atomic E-state index is 0.278. The fourth-order valence-corrected chi connectivity index (χ4v) is 3.69. The van der Waals surface area contributed by atoms with Crippen molar-refractivity contribution in [2.45, 2.75) is 38.8 Å². The smallest absolute Gasteiger partial charge is 0.123 e. The molecule has 1 N–H and O–H groups in total. The molecule has 1 aromatic heterocycles. The molecule has 2 unspecified atom stereocenters. The third-order valence-corrected chi connectivity index (χ3v) is 4.73. The van der Waals surface area contributed by atoms with Crippen LogP contribution in [0.2, 0.25) is 0 Å². The van der Waals surface area contributed by atoms with Gasteiger partial charge in [0.05, 0.1) is 0 Å². The van der Waals surface area contributed by atoms with Crippen molar-refractivity contribution in [3.63, 3.8) is 0 Å². The Morgan fingerprint density at radius 3 is 2.90 bits per heavy atom. The van der Waals surface area contributed by atoms with Gasteiger partial charge in [-0.05, 0) is 44.0 Å². The van der Waals surface area contributed by atoms with Crippen molar-refractivity contribution in [1.29, 1.82) is 0 Å². The summed E-state index contributed by atoms with van der Waals surface area (Å²) in [5, 5.41) is 3.60. The molecule has 1 aromatic carbocycles. The van der Waals surface area contributed by atoms with Crippen molar-refractivity contribution in [1.82, 2.24) is 5.32 Å². The van der Waals surface area contributed by atoms with E-state index in [1.165, 1.54) is 15.3 Å². The van der Waals surface area contributed by atoms with Crippen LogP contribution < -0.4 is 10.1 Å². The fraction of sp³-hybridized carbons (Fsp3) is 0.412. The molecular weight excluding hydrogens is 266 g/mol. The Morgan fingerprint density at radius 1 is 1.30 bits per heavy atom. The van der Waals surface area contributed by atoms with Crippen LogP contribution in [0.3, 0.4) is 0 Å². The molecule has 3 heteroatoms. The quantitative estimate of drug-likeness (QED) is 0.907. The molecule has 20 heavy (non-hydrogen) atoms. The van der Waals surface area contributed by atoms with E-state index in [0.29, 0.717) is 6.04 Å². The summed E-state index contributed by atoms with van der Waals surface area (Å²) in [5.74, 6) is 1.06. The summed E-state index contributed by atoms with van der Waals surface area (Å²) in [7, 11) is 0. The number of para-hydroxylation sites is 1. The Kier molecular flexibility index (Phi) is 4.08. The molecule has 0 aliphatic carbocycles. The molecule has 2 nitrogen and oxygen atoms in total. The summed E-state index contributed by atoms with van der Waals surface area (Å²) in [5.41, 5.74) is 1.33. The van der Waals surface area contributed by atoms with Gasteiger partial charge in [-0.25, -0.2) is 0 Å². The number of aryl methyl sites for hydroxylation is 1. The van der Waals surface area contributed by atoms with Crippen LogP contribution in [0, 0.1) is 6.92 Å². The first-order valence-electron chi connectivity index (χ1n) is 7.24. The summed E-state index contributed by atoms with van der Waals surface area (Å²) in [6, 6.07) is 13.3. The van der Waals surface area contributed by atoms with Crippen molar-refractivity contribution in [2.75, 3.05) is 6.54 Å². The van der Waals surface area contributed by atoms with Gasteiger partial charge in [-0.1, -0.05) is 18.2 Å². The second-order valence-electron chi connectivity index (χ2n) is 5.58. The fourth-order valence-electron chi connectivity index (χ4n) is 2.67. The Hall–Kier alpha value is -1.32. The lowest BCUT2D eigenvalue weighted by Crippen LogP contribution is -2.36. The first-order chi connectivity index (χ1) is 9.70. The maximum Gasteiger partial charge on any atom is 0.123 e. The molecule has 1 aliphatic heterocycles. The predicted molar refractivity (Wildman–Crippen MR) is 84.8 cm³/mol. The summed E-state index contributed by atoms with van der Waals surface area (Å²) >= 11 is 1.89. The van der Waals surface area contributed by atoms with Crippen LogP contribution >= 0.6 is 11.3 Å². The van der Waals surface area contributed by atoms with Crippen LogP contribution in [0.1, 0.15) is 22.2 Å². The SMILES string of the molecule is Cc1ccc(CC(C)NCC2Cc3ccccc3O2)s1. The number of hydrogen-bond acceptors (Lipinski definition) is 3. The maximum absolute atomic E-state index is 5.95. The number of ether oxygens (including phenoxy) is 1. The number of benzene rings is 1. The van der Waals surface area contributed by atoms with Crippen LogP contribution in [-0.4, -0.2) is 18.7 Å². The molecule has 2 heterocycles. The molecule has 0 bridgehead atoms. The number of rotatable bonds is 5. The molecule has 0 fully saturated rings. The highest BCUT2D eigenvalue weighted by Crippen LogP contribution is 2.27. The van der Waals surface area contributed by atoms with Gasteiger partial charge in [0.15, 0.2) is 0 Å². The van der Waals surface area contributed by atoms with E-state index in [0.717, 1.165) is 25.1 Å². The maximum atomic E-state index is 5.95. The molecule has 2 atom stereocenters. The average Bonchev–Trinajstić information content (AvgIpc) is 3.02. The zero-order valence-corrected chi connectivity index (χ0v) is 12.9. The predicted octanol–water partition coefficient (Wildman–Crippen LogP) is 3.58. The summed E-state index contributed by atoms with van der Waals surface area (Å²) < 4.78 is 5.95. The lowest BCUT2D eigenvalue weighted by atomic mass is 10.1. The summed E-state index contributed by atoms with van der Waals surface area (Å²) in [6.07, 6.45) is 2.39. The van der Waals surface area contributed by atoms with E-state index in [4.69, 9.17) is 4.74 Å². The van der Waals surface area contributed by atoms with Crippen LogP contribution in [0.25, 0.3) is 0 Å². The molecular formula is C17H21NOS. The van der Waals surface area contributed by atoms with Crippen molar-refractivity contribution in [2.24, 2.45) is 0 Å². The van der Waals surface area contributed by atoms with E-state index in [1.807, 2.05) is 17.4 Å². The van der Waals surface area contributed by atoms with E-state index in [1.54, 1.807) is 0 Å². The second-order valence-corrected chi connectivity index (χ2v) is 6.95. The molecule has 1 aliphatic rings. The Morgan fingerprint density at radius 2 is 2.15 bits per heavy atom. The van der Waals surface area contributed by atoms with Crippen molar-refractivity contribution in [3.05, 3.63) is 51.7 Å². The Labute approximate surface area is 124 Å². The molecule has 0 saturated heterocycles. The van der Waals surface area contributed by atoms with Gasteiger partial charge in [-0.3, -0.25) is 0 Å². The first-order valence-corrected chi connectivity index (χ1v) is 8.05. The zero-order valence-electron chi connectivity index (χ0n) is 12.1. The Balaban J connectivity index is 1.46. The summed E-state index contributed by atoms with van der Waals surface area (Å²) in [4.78, 5) is 2.85. The minimum Gasteiger partial charge on any atom is -0.488 e. The van der Waals surface area contributed by atoms with Crippen LogP contribution in [0.4, 0.5) is 0 Å². The Bertz CT molecular complexity index is 553. The van der Waals surface area contributed by atoms with Gasteiger partial charge in [0.1, 0.15) is 11.9 Å². The standard InChI is InChI=1S/C17H21NOS/c1-12(9-16-8-7-13(2)20-16)18-11-15-10-14-5-3-4-6-17(14)19-15/h3-8,12,15,18H,9-11H2,1-2H3. The number of fused-ring (bicyclic) bond motifs is 1. The van der Waals surface area contributed by atoms with E-state index >= 15 is 0 Å². The third-order valence-electron chi connectivity index (χ3n) is 3.71. The van der Waals surface area contributed by atoms with Crippen molar-refractivity contribution < 1.29 is 4.74 Å². The van der Waals surface area contributed by atoms with E-state index in [-0.39, 0.29) is 6.10 Å². The van der Waals surface area contributed by atoms with Gasteiger partial charge in [0.2, 0.25) is 0 Å². The van der Waals surface area contributed by atoms with Gasteiger partial charge in [0.25, 0.3) is 0 Å². The molecule has 0 saturated carbocycles. The van der Waals surface area contributed by atoms with E-state index < -0.39 is 0 Å². The second kappa shape index (κ2) is 5.98. The number of nitrogens with one attached hydrogen (secondary N) is 1. The van der Waals surface area contributed by atoms with Crippen molar-refractivity contribution in [3.8, 4) is 5.75 Å². The van der Waals surface area contributed by atoms with Crippen molar-refractivity contribution >= 4 is 11.3 Å².